The van der Waals surface area contributed by atoms with Crippen LogP contribution in [0.5, 0.6) is 11.5 Å². The molecule has 29 heavy (non-hydrogen) atoms. The summed E-state index contributed by atoms with van der Waals surface area (Å²) < 4.78 is 5.22. The van der Waals surface area contributed by atoms with Crippen LogP contribution in [-0.2, 0) is 4.79 Å². The summed E-state index contributed by atoms with van der Waals surface area (Å²) in [5.74, 6) is -1.02. The fourth-order valence-corrected chi connectivity index (χ4v) is 3.56. The first kappa shape index (κ1) is 20.7. The second-order valence-corrected chi connectivity index (χ2v) is 7.39. The van der Waals surface area contributed by atoms with Crippen molar-refractivity contribution in [3.63, 3.8) is 0 Å². The number of hydrogen-bond acceptors (Lipinski definition) is 7. The number of amidine groups is 1. The molecule has 0 spiro atoms. The molecular formula is C19H16ClN3O5S. The minimum Gasteiger partial charge on any atom is -0.504 e. The Bertz CT molecular complexity index is 1070. The van der Waals surface area contributed by atoms with Gasteiger partial charge < -0.3 is 15.2 Å². The van der Waals surface area contributed by atoms with Gasteiger partial charge in [-0.25, -0.2) is 4.99 Å². The molecule has 0 saturated carbocycles. The lowest BCUT2D eigenvalue weighted by Gasteiger charge is -2.08. The number of nitrogens with zero attached hydrogens (tertiary/aromatic N) is 2. The first-order chi connectivity index (χ1) is 13.8. The quantitative estimate of drug-likeness (QED) is 0.406. The zero-order chi connectivity index (χ0) is 21.1. The summed E-state index contributed by atoms with van der Waals surface area (Å²) in [7, 11) is 0. The lowest BCUT2D eigenvalue weighted by Crippen LogP contribution is -2.19. The van der Waals surface area contributed by atoms with E-state index >= 15 is 0 Å². The van der Waals surface area contributed by atoms with Crippen LogP contribution in [0.1, 0.15) is 18.1 Å². The predicted molar refractivity (Wildman–Crippen MR) is 113 cm³/mol. The molecule has 1 amide bonds. The van der Waals surface area contributed by atoms with Gasteiger partial charge in [0.1, 0.15) is 0 Å². The molecule has 1 fully saturated rings. The first-order valence-electron chi connectivity index (χ1n) is 8.49. The number of amides is 1. The third-order valence-electron chi connectivity index (χ3n) is 3.94. The summed E-state index contributed by atoms with van der Waals surface area (Å²) in [6.07, 6.45) is 1.37. The number of phenolic OH excluding ortho intramolecular Hbond substituents is 1. The smallest absolute Gasteiger partial charge is 0.322 e. The Kier molecular flexibility index (Phi) is 6.09. The SMILES string of the molecule is CCOc1c(O)ccc(/C=C2\SC(=Nc3ccc(C)c(Cl)c3)NC2=O)c1[N+](=O)[O-]. The van der Waals surface area contributed by atoms with Crippen molar-refractivity contribution in [2.45, 2.75) is 13.8 Å². The van der Waals surface area contributed by atoms with Gasteiger partial charge >= 0.3 is 5.69 Å². The molecular weight excluding hydrogens is 418 g/mol. The Morgan fingerprint density at radius 3 is 2.79 bits per heavy atom. The fourth-order valence-electron chi connectivity index (χ4n) is 2.56. The number of thioether (sulfide) groups is 1. The van der Waals surface area contributed by atoms with Gasteiger partial charge in [0.2, 0.25) is 5.75 Å². The number of carbonyl (C=O) groups is 1. The normalized spacial score (nSPS) is 16.3. The maximum absolute atomic E-state index is 12.3. The number of rotatable bonds is 5. The number of halogens is 1. The van der Waals surface area contributed by atoms with E-state index in [1.165, 1.54) is 18.2 Å². The first-order valence-corrected chi connectivity index (χ1v) is 9.68. The van der Waals surface area contributed by atoms with Crippen molar-refractivity contribution in [2.24, 2.45) is 4.99 Å². The van der Waals surface area contributed by atoms with Gasteiger partial charge in [-0.1, -0.05) is 17.7 Å². The molecule has 0 unspecified atom stereocenters. The summed E-state index contributed by atoms with van der Waals surface area (Å²) >= 11 is 7.14. The van der Waals surface area contributed by atoms with Crippen molar-refractivity contribution in [1.82, 2.24) is 5.32 Å². The van der Waals surface area contributed by atoms with E-state index in [1.54, 1.807) is 19.1 Å². The third kappa shape index (κ3) is 4.52. The van der Waals surface area contributed by atoms with Crippen LogP contribution in [0, 0.1) is 17.0 Å². The number of hydrogen-bond donors (Lipinski definition) is 2. The van der Waals surface area contributed by atoms with E-state index in [2.05, 4.69) is 10.3 Å². The van der Waals surface area contributed by atoms with Gasteiger partial charge in [0.15, 0.2) is 10.9 Å². The second-order valence-electron chi connectivity index (χ2n) is 5.96. The lowest BCUT2D eigenvalue weighted by atomic mass is 10.1. The fraction of sp³-hybridized carbons (Fsp3) is 0.158. The van der Waals surface area contributed by atoms with Gasteiger partial charge in [-0.05, 0) is 61.5 Å². The van der Waals surface area contributed by atoms with E-state index in [4.69, 9.17) is 16.3 Å². The van der Waals surface area contributed by atoms with Crippen LogP contribution in [0.25, 0.3) is 6.08 Å². The summed E-state index contributed by atoms with van der Waals surface area (Å²) in [6, 6.07) is 7.89. The predicted octanol–water partition coefficient (Wildman–Crippen LogP) is 4.55. The van der Waals surface area contributed by atoms with Gasteiger partial charge in [-0.3, -0.25) is 14.9 Å². The number of benzene rings is 2. The van der Waals surface area contributed by atoms with Gasteiger partial charge in [-0.15, -0.1) is 0 Å². The molecule has 1 aliphatic rings. The van der Waals surface area contributed by atoms with Crippen molar-refractivity contribution in [1.29, 1.82) is 0 Å². The Morgan fingerprint density at radius 1 is 1.38 bits per heavy atom. The Balaban J connectivity index is 1.96. The highest BCUT2D eigenvalue weighted by Gasteiger charge is 2.28. The van der Waals surface area contributed by atoms with Gasteiger partial charge in [0.05, 0.1) is 27.7 Å². The molecule has 1 heterocycles. The van der Waals surface area contributed by atoms with Gasteiger partial charge in [0, 0.05) is 5.02 Å². The number of nitro benzene ring substituents is 1. The number of aromatic hydroxyl groups is 1. The van der Waals surface area contributed by atoms with E-state index in [9.17, 15) is 20.0 Å². The van der Waals surface area contributed by atoms with E-state index in [0.717, 1.165) is 17.3 Å². The Hall–Kier alpha value is -3.04. The summed E-state index contributed by atoms with van der Waals surface area (Å²) in [4.78, 5) is 27.7. The molecule has 2 aromatic carbocycles. The van der Waals surface area contributed by atoms with Crippen LogP contribution in [0.3, 0.4) is 0 Å². The molecule has 0 aliphatic carbocycles. The molecule has 10 heteroatoms. The number of nitro groups is 1. The molecule has 0 atom stereocenters. The average molecular weight is 434 g/mol. The Labute approximate surface area is 175 Å². The van der Waals surface area contributed by atoms with Crippen LogP contribution >= 0.6 is 23.4 Å². The molecule has 0 bridgehead atoms. The minimum atomic E-state index is -0.655. The number of aryl methyl sites for hydroxylation is 1. The molecule has 0 aromatic heterocycles. The molecule has 1 saturated heterocycles. The molecule has 150 valence electrons. The number of carbonyl (C=O) groups excluding carboxylic acids is 1. The minimum absolute atomic E-state index is 0.133. The highest BCUT2D eigenvalue weighted by molar-refractivity contribution is 8.18. The highest BCUT2D eigenvalue weighted by Crippen LogP contribution is 2.41. The zero-order valence-electron chi connectivity index (χ0n) is 15.4. The van der Waals surface area contributed by atoms with Crippen LogP contribution in [0.4, 0.5) is 11.4 Å². The van der Waals surface area contributed by atoms with Crippen molar-refractivity contribution < 1.29 is 19.6 Å². The summed E-state index contributed by atoms with van der Waals surface area (Å²) in [5, 5.41) is 24.9. The van der Waals surface area contributed by atoms with Crippen LogP contribution in [0.15, 0.2) is 40.2 Å². The molecule has 1 aliphatic heterocycles. The molecule has 2 aromatic rings. The standard InChI is InChI=1S/C19H16ClN3O5S/c1-3-28-17-14(24)7-5-11(16(17)23(26)27)8-15-18(25)22-19(29-15)21-12-6-4-10(2)13(20)9-12/h4-9,24H,3H2,1-2H3,(H,21,22,25)/b15-8-. The average Bonchev–Trinajstić information content (AvgIpc) is 3.00. The van der Waals surface area contributed by atoms with Crippen molar-refractivity contribution in [3.05, 3.63) is 61.5 Å². The zero-order valence-corrected chi connectivity index (χ0v) is 17.0. The van der Waals surface area contributed by atoms with Crippen LogP contribution < -0.4 is 10.1 Å². The number of nitrogens with one attached hydrogen (secondary N) is 1. The maximum Gasteiger partial charge on any atom is 0.322 e. The van der Waals surface area contributed by atoms with Gasteiger partial charge in [0.25, 0.3) is 5.91 Å². The number of aliphatic imine (C=N–C) groups is 1. The molecule has 3 rings (SSSR count). The number of phenols is 1. The summed E-state index contributed by atoms with van der Waals surface area (Å²) in [5.41, 5.74) is 1.19. The van der Waals surface area contributed by atoms with Crippen molar-refractivity contribution in [3.8, 4) is 11.5 Å². The highest BCUT2D eigenvalue weighted by atomic mass is 35.5. The topological polar surface area (TPSA) is 114 Å². The second kappa shape index (κ2) is 8.54. The van der Waals surface area contributed by atoms with Crippen molar-refractivity contribution >= 4 is 51.9 Å². The van der Waals surface area contributed by atoms with E-state index in [-0.39, 0.29) is 28.6 Å². The number of ether oxygens (including phenoxy) is 1. The van der Waals surface area contributed by atoms with E-state index in [0.29, 0.717) is 15.9 Å². The Morgan fingerprint density at radius 2 is 2.14 bits per heavy atom. The third-order valence-corrected chi connectivity index (χ3v) is 5.25. The van der Waals surface area contributed by atoms with Gasteiger partial charge in [-0.2, -0.15) is 0 Å². The molecule has 8 nitrogen and oxygen atoms in total. The summed E-state index contributed by atoms with van der Waals surface area (Å²) in [6.45, 7) is 3.65. The molecule has 0 radical (unpaired) electrons. The lowest BCUT2D eigenvalue weighted by molar-refractivity contribution is -0.386. The molecule has 2 N–H and O–H groups in total. The van der Waals surface area contributed by atoms with E-state index in [1.807, 2.05) is 13.0 Å². The largest absolute Gasteiger partial charge is 0.504 e. The van der Waals surface area contributed by atoms with Crippen LogP contribution in [-0.4, -0.2) is 27.7 Å². The monoisotopic (exact) mass is 433 g/mol. The van der Waals surface area contributed by atoms with Crippen LogP contribution in [0.2, 0.25) is 5.02 Å². The van der Waals surface area contributed by atoms with E-state index < -0.39 is 16.5 Å². The maximum atomic E-state index is 12.3. The van der Waals surface area contributed by atoms with Crippen molar-refractivity contribution in [2.75, 3.05) is 6.61 Å².